The van der Waals surface area contributed by atoms with Gasteiger partial charge in [0, 0.05) is 6.20 Å². The molecule has 2 aromatic rings. The van der Waals surface area contributed by atoms with Gasteiger partial charge in [-0.05, 0) is 12.1 Å². The van der Waals surface area contributed by atoms with Crippen LogP contribution in [0.4, 0.5) is 0 Å². The van der Waals surface area contributed by atoms with Crippen LogP contribution in [0.5, 0.6) is 0 Å². The largest absolute Gasteiger partial charge is 0.449 e. The Labute approximate surface area is 97.3 Å². The Kier molecular flexibility index (Phi) is 3.12. The first kappa shape index (κ1) is 10.8. The predicted octanol–water partition coefficient (Wildman–Crippen LogP) is 0.452. The van der Waals surface area contributed by atoms with E-state index in [1.165, 1.54) is 23.5 Å². The van der Waals surface area contributed by atoms with Crippen LogP contribution >= 0.6 is 0 Å². The van der Waals surface area contributed by atoms with Crippen molar-refractivity contribution in [3.05, 3.63) is 36.5 Å². The fourth-order valence-electron chi connectivity index (χ4n) is 1.16. The van der Waals surface area contributed by atoms with Crippen molar-refractivity contribution >= 4 is 5.97 Å². The summed E-state index contributed by atoms with van der Waals surface area (Å²) >= 11 is 0. The molecule has 0 aliphatic heterocycles. The summed E-state index contributed by atoms with van der Waals surface area (Å²) < 4.78 is 6.24. The van der Waals surface area contributed by atoms with Crippen molar-refractivity contribution in [1.29, 1.82) is 0 Å². The van der Waals surface area contributed by atoms with Crippen molar-refractivity contribution < 1.29 is 9.53 Å². The average Bonchev–Trinajstić information content (AvgIpc) is 2.90. The minimum atomic E-state index is -0.499. The number of hydrogen-bond donors (Lipinski definition) is 0. The van der Waals surface area contributed by atoms with Crippen molar-refractivity contribution in [1.82, 2.24) is 19.7 Å². The zero-order valence-corrected chi connectivity index (χ0v) is 8.78. The quantitative estimate of drug-likeness (QED) is 0.563. The minimum absolute atomic E-state index is 0.0519. The van der Waals surface area contributed by atoms with E-state index in [4.69, 9.17) is 11.2 Å². The lowest BCUT2D eigenvalue weighted by molar-refractivity contribution is 0.0556. The smallest absolute Gasteiger partial charge is 0.340 e. The Balaban J connectivity index is 2.14. The van der Waals surface area contributed by atoms with Crippen LogP contribution in [0.25, 0.3) is 5.82 Å². The molecule has 0 saturated carbocycles. The molecule has 84 valence electrons. The van der Waals surface area contributed by atoms with E-state index in [1.807, 2.05) is 0 Å². The molecular formula is C11H8N4O2. The van der Waals surface area contributed by atoms with Crippen LogP contribution in [0.1, 0.15) is 10.4 Å². The van der Waals surface area contributed by atoms with Crippen LogP contribution in [-0.4, -0.2) is 32.3 Å². The number of terminal acetylenes is 1. The molecule has 0 aliphatic carbocycles. The summed E-state index contributed by atoms with van der Waals surface area (Å²) in [6, 6.07) is 3.23. The standard InChI is InChI=1S/C11H8N4O2/c1-2-5-17-11(16)9-3-4-10(13-6-9)15-8-12-7-14-15/h1,3-4,6-8H,5H2. The number of nitrogens with zero attached hydrogens (tertiary/aromatic N) is 4. The van der Waals surface area contributed by atoms with E-state index in [2.05, 4.69) is 21.0 Å². The van der Waals surface area contributed by atoms with Gasteiger partial charge in [0.15, 0.2) is 12.4 Å². The summed E-state index contributed by atoms with van der Waals surface area (Å²) in [6.07, 6.45) is 9.29. The highest BCUT2D eigenvalue weighted by molar-refractivity contribution is 5.89. The summed E-state index contributed by atoms with van der Waals surface area (Å²) in [4.78, 5) is 19.3. The van der Waals surface area contributed by atoms with Gasteiger partial charge in [0.25, 0.3) is 0 Å². The Hall–Kier alpha value is -2.68. The second kappa shape index (κ2) is 4.90. The first-order valence-corrected chi connectivity index (χ1v) is 4.73. The molecule has 2 heterocycles. The SMILES string of the molecule is C#CCOC(=O)c1ccc(-n2cncn2)nc1. The van der Waals surface area contributed by atoms with E-state index in [0.717, 1.165) is 0 Å². The maximum atomic E-state index is 11.4. The molecule has 0 N–H and O–H groups in total. The second-order valence-corrected chi connectivity index (χ2v) is 3.03. The van der Waals surface area contributed by atoms with Gasteiger partial charge in [-0.25, -0.2) is 19.4 Å². The molecule has 0 spiro atoms. The third kappa shape index (κ3) is 2.46. The molecule has 0 aliphatic rings. The molecule has 0 saturated heterocycles. The third-order valence-electron chi connectivity index (χ3n) is 1.92. The van der Waals surface area contributed by atoms with Crippen LogP contribution in [0.3, 0.4) is 0 Å². The Bertz CT molecular complexity index is 540. The number of carbonyl (C=O) groups excluding carboxylic acids is 1. The van der Waals surface area contributed by atoms with E-state index in [-0.39, 0.29) is 6.61 Å². The summed E-state index contributed by atoms with van der Waals surface area (Å²) in [5.74, 6) is 2.28. The molecule has 0 fully saturated rings. The molecule has 0 radical (unpaired) electrons. The number of ether oxygens (including phenoxy) is 1. The molecule has 0 unspecified atom stereocenters. The van der Waals surface area contributed by atoms with Crippen molar-refractivity contribution in [2.24, 2.45) is 0 Å². The molecule has 0 aromatic carbocycles. The van der Waals surface area contributed by atoms with E-state index in [0.29, 0.717) is 11.4 Å². The minimum Gasteiger partial charge on any atom is -0.449 e. The van der Waals surface area contributed by atoms with Crippen molar-refractivity contribution in [2.75, 3.05) is 6.61 Å². The van der Waals surface area contributed by atoms with Crippen LogP contribution in [0, 0.1) is 12.3 Å². The van der Waals surface area contributed by atoms with Gasteiger partial charge in [0.1, 0.15) is 12.7 Å². The van der Waals surface area contributed by atoms with E-state index in [1.54, 1.807) is 12.1 Å². The van der Waals surface area contributed by atoms with Crippen molar-refractivity contribution in [2.45, 2.75) is 0 Å². The van der Waals surface area contributed by atoms with Crippen LogP contribution in [0.15, 0.2) is 31.0 Å². The summed E-state index contributed by atoms with van der Waals surface area (Å²) in [7, 11) is 0. The lowest BCUT2D eigenvalue weighted by Gasteiger charge is -2.02. The molecule has 17 heavy (non-hydrogen) atoms. The molecule has 2 rings (SSSR count). The van der Waals surface area contributed by atoms with E-state index >= 15 is 0 Å². The number of carbonyl (C=O) groups is 1. The first-order chi connectivity index (χ1) is 8.31. The van der Waals surface area contributed by atoms with Gasteiger partial charge < -0.3 is 4.74 Å². The topological polar surface area (TPSA) is 69.9 Å². The molecular weight excluding hydrogens is 220 g/mol. The Morgan fingerprint density at radius 3 is 3.00 bits per heavy atom. The molecule has 6 heteroatoms. The van der Waals surface area contributed by atoms with Gasteiger partial charge >= 0.3 is 5.97 Å². The summed E-state index contributed by atoms with van der Waals surface area (Å²) in [5.41, 5.74) is 0.337. The summed E-state index contributed by atoms with van der Waals surface area (Å²) in [6.45, 7) is -0.0519. The van der Waals surface area contributed by atoms with Gasteiger partial charge in [0.05, 0.1) is 5.56 Å². The Morgan fingerprint density at radius 1 is 1.53 bits per heavy atom. The van der Waals surface area contributed by atoms with Crippen LogP contribution in [0.2, 0.25) is 0 Å². The number of esters is 1. The van der Waals surface area contributed by atoms with Crippen LogP contribution < -0.4 is 0 Å². The zero-order chi connectivity index (χ0) is 12.1. The molecule has 0 bridgehead atoms. The number of hydrogen-bond acceptors (Lipinski definition) is 5. The van der Waals surface area contributed by atoms with Crippen LogP contribution in [-0.2, 0) is 4.74 Å². The normalized spacial score (nSPS) is 9.59. The van der Waals surface area contributed by atoms with Crippen molar-refractivity contribution in [3.63, 3.8) is 0 Å². The van der Waals surface area contributed by atoms with Gasteiger partial charge in [-0.3, -0.25) is 0 Å². The maximum Gasteiger partial charge on any atom is 0.340 e. The maximum absolute atomic E-state index is 11.4. The third-order valence-corrected chi connectivity index (χ3v) is 1.92. The fraction of sp³-hybridized carbons (Fsp3) is 0.0909. The average molecular weight is 228 g/mol. The molecule has 6 nitrogen and oxygen atoms in total. The monoisotopic (exact) mass is 228 g/mol. The van der Waals surface area contributed by atoms with Gasteiger partial charge in [-0.15, -0.1) is 6.42 Å². The van der Waals surface area contributed by atoms with Gasteiger partial charge in [0.2, 0.25) is 0 Å². The highest BCUT2D eigenvalue weighted by Crippen LogP contribution is 2.05. The molecule has 0 amide bonds. The Morgan fingerprint density at radius 2 is 2.41 bits per heavy atom. The second-order valence-electron chi connectivity index (χ2n) is 3.03. The van der Waals surface area contributed by atoms with E-state index in [9.17, 15) is 4.79 Å². The lowest BCUT2D eigenvalue weighted by atomic mass is 10.3. The number of pyridine rings is 1. The fourth-order valence-corrected chi connectivity index (χ4v) is 1.16. The van der Waals surface area contributed by atoms with Gasteiger partial charge in [-0.1, -0.05) is 5.92 Å². The highest BCUT2D eigenvalue weighted by Gasteiger charge is 2.07. The number of rotatable bonds is 3. The molecule has 0 atom stereocenters. The lowest BCUT2D eigenvalue weighted by Crippen LogP contribution is -2.07. The van der Waals surface area contributed by atoms with Crippen molar-refractivity contribution in [3.8, 4) is 18.2 Å². The number of aromatic nitrogens is 4. The zero-order valence-electron chi connectivity index (χ0n) is 8.78. The predicted molar refractivity (Wildman–Crippen MR) is 58.3 cm³/mol. The summed E-state index contributed by atoms with van der Waals surface area (Å²) in [5, 5.41) is 3.91. The van der Waals surface area contributed by atoms with E-state index < -0.39 is 5.97 Å². The molecule has 2 aromatic heterocycles. The van der Waals surface area contributed by atoms with Gasteiger partial charge in [-0.2, -0.15) is 5.10 Å². The first-order valence-electron chi connectivity index (χ1n) is 4.73. The highest BCUT2D eigenvalue weighted by atomic mass is 16.5.